The molecule has 4 nitrogen and oxygen atoms in total. The Morgan fingerprint density at radius 1 is 0.356 bits per heavy atom. The highest BCUT2D eigenvalue weighted by Crippen LogP contribution is 2.37. The number of furan rings is 1. The van der Waals surface area contributed by atoms with E-state index in [4.69, 9.17) is 19.4 Å². The van der Waals surface area contributed by atoms with E-state index >= 15 is 0 Å². The van der Waals surface area contributed by atoms with Crippen molar-refractivity contribution in [3.8, 4) is 45.3 Å². The number of para-hydroxylation sites is 1. The van der Waals surface area contributed by atoms with Gasteiger partial charge < -0.3 is 4.42 Å². The van der Waals surface area contributed by atoms with E-state index in [9.17, 15) is 0 Å². The van der Waals surface area contributed by atoms with Gasteiger partial charge in [0.25, 0.3) is 0 Å². The summed E-state index contributed by atoms with van der Waals surface area (Å²) in [6.45, 7) is 0. The molecule has 2 aromatic heterocycles. The van der Waals surface area contributed by atoms with E-state index in [0.717, 1.165) is 65.9 Å². The van der Waals surface area contributed by atoms with Crippen LogP contribution in [-0.2, 0) is 0 Å². The van der Waals surface area contributed by atoms with Crippen LogP contribution in [-0.4, -0.2) is 15.0 Å². The fraction of sp³-hybridized carbons (Fsp3) is 0. The lowest BCUT2D eigenvalue weighted by molar-refractivity contribution is 0.669. The van der Waals surface area contributed by atoms with Crippen LogP contribution in [0.2, 0.25) is 0 Å². The van der Waals surface area contributed by atoms with Crippen LogP contribution in [0.25, 0.3) is 88.8 Å². The van der Waals surface area contributed by atoms with Gasteiger partial charge in [-0.25, -0.2) is 15.0 Å². The van der Waals surface area contributed by atoms with Crippen LogP contribution >= 0.6 is 0 Å². The lowest BCUT2D eigenvalue weighted by Crippen LogP contribution is -2.00. The number of hydrogen-bond donors (Lipinski definition) is 0. The Bertz CT molecular complexity index is 2540. The molecule has 0 N–H and O–H groups in total. The van der Waals surface area contributed by atoms with Crippen molar-refractivity contribution in [1.29, 1.82) is 0 Å². The molecule has 7 aromatic carbocycles. The van der Waals surface area contributed by atoms with Crippen molar-refractivity contribution < 1.29 is 4.42 Å². The third kappa shape index (κ3) is 4.35. The number of aromatic nitrogens is 3. The first-order chi connectivity index (χ1) is 22.3. The van der Waals surface area contributed by atoms with E-state index in [-0.39, 0.29) is 0 Å². The normalized spacial score (nSPS) is 11.6. The lowest BCUT2D eigenvalue weighted by atomic mass is 9.98. The molecule has 210 valence electrons. The Hall–Kier alpha value is -6.13. The molecule has 0 bridgehead atoms. The molecular weight excluding hydrogens is 550 g/mol. The second-order valence-corrected chi connectivity index (χ2v) is 11.2. The molecule has 4 heteroatoms. The summed E-state index contributed by atoms with van der Waals surface area (Å²) in [5.41, 5.74) is 6.87. The fourth-order valence-corrected chi connectivity index (χ4v) is 6.32. The topological polar surface area (TPSA) is 51.8 Å². The molecule has 0 aliphatic heterocycles. The number of benzene rings is 7. The zero-order valence-corrected chi connectivity index (χ0v) is 24.2. The smallest absolute Gasteiger partial charge is 0.164 e. The summed E-state index contributed by atoms with van der Waals surface area (Å²) >= 11 is 0. The summed E-state index contributed by atoms with van der Waals surface area (Å²) in [6, 6.07) is 52.3. The fourth-order valence-electron chi connectivity index (χ4n) is 6.32. The predicted molar refractivity (Wildman–Crippen MR) is 184 cm³/mol. The van der Waals surface area contributed by atoms with Gasteiger partial charge in [0.05, 0.1) is 0 Å². The van der Waals surface area contributed by atoms with E-state index in [1.165, 1.54) is 5.39 Å². The summed E-state index contributed by atoms with van der Waals surface area (Å²) in [4.78, 5) is 15.1. The Morgan fingerprint density at radius 3 is 1.80 bits per heavy atom. The van der Waals surface area contributed by atoms with Crippen molar-refractivity contribution in [2.75, 3.05) is 0 Å². The Kier molecular flexibility index (Phi) is 5.78. The Morgan fingerprint density at radius 2 is 0.933 bits per heavy atom. The highest BCUT2D eigenvalue weighted by atomic mass is 16.3. The first-order valence-corrected chi connectivity index (χ1v) is 15.0. The first kappa shape index (κ1) is 25.4. The second-order valence-electron chi connectivity index (χ2n) is 11.2. The van der Waals surface area contributed by atoms with Crippen LogP contribution in [0.4, 0.5) is 0 Å². The van der Waals surface area contributed by atoms with Crippen molar-refractivity contribution in [3.63, 3.8) is 0 Å². The van der Waals surface area contributed by atoms with Crippen LogP contribution in [0.1, 0.15) is 0 Å². The zero-order chi connectivity index (χ0) is 29.7. The summed E-state index contributed by atoms with van der Waals surface area (Å²) in [5.74, 6) is 1.93. The van der Waals surface area contributed by atoms with Gasteiger partial charge in [-0.3, -0.25) is 0 Å². The van der Waals surface area contributed by atoms with Crippen LogP contribution < -0.4 is 0 Å². The summed E-state index contributed by atoms with van der Waals surface area (Å²) < 4.78 is 6.15. The van der Waals surface area contributed by atoms with Crippen LogP contribution in [0.15, 0.2) is 156 Å². The average molecular weight is 576 g/mol. The number of hydrogen-bond acceptors (Lipinski definition) is 4. The van der Waals surface area contributed by atoms with Crippen LogP contribution in [0, 0.1) is 0 Å². The van der Waals surface area contributed by atoms with E-state index in [1.807, 2.05) is 24.3 Å². The van der Waals surface area contributed by atoms with Gasteiger partial charge in [-0.2, -0.15) is 0 Å². The van der Waals surface area contributed by atoms with Crippen LogP contribution in [0.5, 0.6) is 0 Å². The third-order valence-corrected chi connectivity index (χ3v) is 8.53. The molecule has 0 aliphatic carbocycles. The molecule has 9 rings (SSSR count). The third-order valence-electron chi connectivity index (χ3n) is 8.53. The molecule has 0 saturated carbocycles. The molecule has 0 atom stereocenters. The maximum atomic E-state index is 6.15. The van der Waals surface area contributed by atoms with Gasteiger partial charge in [0.15, 0.2) is 17.5 Å². The first-order valence-electron chi connectivity index (χ1n) is 15.0. The molecule has 0 unspecified atom stereocenters. The van der Waals surface area contributed by atoms with E-state index < -0.39 is 0 Å². The van der Waals surface area contributed by atoms with Crippen LogP contribution in [0.3, 0.4) is 0 Å². The van der Waals surface area contributed by atoms with Gasteiger partial charge >= 0.3 is 0 Å². The van der Waals surface area contributed by atoms with Gasteiger partial charge in [-0.15, -0.1) is 0 Å². The standard InChI is InChI=1S/C41H25N3O/c1-2-11-30-25-31(24-19-26(30)9-1)40-42-39(43-41(44-40)34-16-7-12-27-10-3-4-13-32(27)34)29-22-20-28(21-23-29)33-15-8-18-37-38(33)35-14-5-6-17-36(35)45-37/h1-25H. The highest BCUT2D eigenvalue weighted by molar-refractivity contribution is 6.12. The largest absolute Gasteiger partial charge is 0.456 e. The van der Waals surface area contributed by atoms with Crippen molar-refractivity contribution >= 4 is 43.5 Å². The van der Waals surface area contributed by atoms with Gasteiger partial charge in [-0.1, -0.05) is 133 Å². The highest BCUT2D eigenvalue weighted by Gasteiger charge is 2.16. The number of rotatable bonds is 4. The molecule has 0 aliphatic rings. The molecule has 45 heavy (non-hydrogen) atoms. The Labute approximate surface area is 259 Å². The summed E-state index contributed by atoms with van der Waals surface area (Å²) in [7, 11) is 0. The molecule has 2 heterocycles. The zero-order valence-electron chi connectivity index (χ0n) is 24.2. The van der Waals surface area contributed by atoms with Crippen molar-refractivity contribution in [3.05, 3.63) is 152 Å². The monoisotopic (exact) mass is 575 g/mol. The summed E-state index contributed by atoms with van der Waals surface area (Å²) in [6.07, 6.45) is 0. The number of nitrogens with zero attached hydrogens (tertiary/aromatic N) is 3. The van der Waals surface area contributed by atoms with E-state index in [0.29, 0.717) is 17.5 Å². The van der Waals surface area contributed by atoms with Gasteiger partial charge in [0.1, 0.15) is 11.2 Å². The van der Waals surface area contributed by atoms with Gasteiger partial charge in [0, 0.05) is 27.5 Å². The molecule has 0 amide bonds. The second kappa shape index (κ2) is 10.2. The maximum Gasteiger partial charge on any atom is 0.164 e. The molecule has 9 aromatic rings. The number of fused-ring (bicyclic) bond motifs is 5. The molecular formula is C41H25N3O. The van der Waals surface area contributed by atoms with Crippen molar-refractivity contribution in [2.45, 2.75) is 0 Å². The minimum absolute atomic E-state index is 0.634. The van der Waals surface area contributed by atoms with Gasteiger partial charge in [-0.05, 0) is 50.9 Å². The Balaban J connectivity index is 1.20. The molecule has 0 spiro atoms. The van der Waals surface area contributed by atoms with Crippen molar-refractivity contribution in [1.82, 2.24) is 15.0 Å². The van der Waals surface area contributed by atoms with E-state index in [2.05, 4.69) is 127 Å². The minimum atomic E-state index is 0.634. The molecule has 0 fully saturated rings. The lowest BCUT2D eigenvalue weighted by Gasteiger charge is -2.11. The quantitative estimate of drug-likeness (QED) is 0.209. The minimum Gasteiger partial charge on any atom is -0.456 e. The average Bonchev–Trinajstić information content (AvgIpc) is 3.50. The molecule has 0 radical (unpaired) electrons. The SMILES string of the molecule is c1ccc2cc(-c3nc(-c4ccc(-c5cccc6oc7ccccc7c56)cc4)nc(-c4cccc5ccccc45)n3)ccc2c1. The predicted octanol–water partition coefficient (Wildman–Crippen LogP) is 10.7. The van der Waals surface area contributed by atoms with Gasteiger partial charge in [0.2, 0.25) is 0 Å². The molecule has 0 saturated heterocycles. The van der Waals surface area contributed by atoms with Crippen molar-refractivity contribution in [2.24, 2.45) is 0 Å². The summed E-state index contributed by atoms with van der Waals surface area (Å²) in [5, 5.41) is 6.82. The van der Waals surface area contributed by atoms with E-state index in [1.54, 1.807) is 0 Å². The maximum absolute atomic E-state index is 6.15.